The van der Waals surface area contributed by atoms with E-state index in [1.165, 1.54) is 5.56 Å². The number of nitrogens with zero attached hydrogens (tertiary/aromatic N) is 1. The van der Waals surface area contributed by atoms with Crippen molar-refractivity contribution in [3.63, 3.8) is 0 Å². The summed E-state index contributed by atoms with van der Waals surface area (Å²) in [6.07, 6.45) is 6.02. The summed E-state index contributed by atoms with van der Waals surface area (Å²) >= 11 is 0. The van der Waals surface area contributed by atoms with Gasteiger partial charge in [0.2, 0.25) is 11.8 Å². The monoisotopic (exact) mass is 676 g/mol. The molecule has 0 saturated heterocycles. The van der Waals surface area contributed by atoms with Crippen LogP contribution in [0.25, 0.3) is 0 Å². The van der Waals surface area contributed by atoms with E-state index in [0.717, 1.165) is 59.4 Å². The van der Waals surface area contributed by atoms with E-state index in [-0.39, 0.29) is 23.4 Å². The molecule has 2 N–H and O–H groups in total. The number of carbonyl (C=O) groups excluding carboxylic acids is 2. The van der Waals surface area contributed by atoms with Gasteiger partial charge in [0.25, 0.3) is 0 Å². The standard InChI is InChI=1S/C42H48N2O6/c1-2-27-44(40(46)16-10-9-15-39(45)43-26-25-31-17-19-34(20-18-31)42(47)48)36-22-23-37-35(28-36)21-24-38(49-29-32-11-5-3-6-12-32)41(37)50-30-33-13-7-4-8-14-33/h3-8,11-14,17-21,24,36H,2,9-10,15-16,22-23,25-30H2,1H3,(H,43,45)(H,47,48)/t36-/m0/s1. The molecule has 0 fully saturated rings. The van der Waals surface area contributed by atoms with Crippen molar-refractivity contribution in [1.29, 1.82) is 0 Å². The Morgan fingerprint density at radius 2 is 1.46 bits per heavy atom. The first-order chi connectivity index (χ1) is 24.4. The minimum absolute atomic E-state index is 0.0358. The van der Waals surface area contributed by atoms with Gasteiger partial charge >= 0.3 is 5.97 Å². The first-order valence-electron chi connectivity index (χ1n) is 17.8. The van der Waals surface area contributed by atoms with Crippen molar-refractivity contribution in [2.45, 2.75) is 84.0 Å². The molecule has 0 saturated carbocycles. The van der Waals surface area contributed by atoms with Gasteiger partial charge in [0.15, 0.2) is 11.5 Å². The number of nitrogens with one attached hydrogen (secondary N) is 1. The van der Waals surface area contributed by atoms with Crippen molar-refractivity contribution in [2.24, 2.45) is 0 Å². The van der Waals surface area contributed by atoms with Crippen LogP contribution in [-0.2, 0) is 42.1 Å². The normalized spacial score (nSPS) is 13.6. The number of aromatic carboxylic acids is 1. The van der Waals surface area contributed by atoms with E-state index in [0.29, 0.717) is 58.4 Å². The quantitative estimate of drug-likeness (QED) is 0.105. The molecule has 8 nitrogen and oxygen atoms in total. The Hall–Kier alpha value is -5.11. The molecule has 0 aromatic heterocycles. The topological polar surface area (TPSA) is 105 Å². The van der Waals surface area contributed by atoms with E-state index < -0.39 is 5.97 Å². The van der Waals surface area contributed by atoms with Gasteiger partial charge in [-0.3, -0.25) is 9.59 Å². The molecule has 1 atom stereocenters. The summed E-state index contributed by atoms with van der Waals surface area (Å²) < 4.78 is 12.8. The molecule has 0 bridgehead atoms. The van der Waals surface area contributed by atoms with Crippen molar-refractivity contribution in [1.82, 2.24) is 10.2 Å². The van der Waals surface area contributed by atoms with Crippen LogP contribution < -0.4 is 14.8 Å². The van der Waals surface area contributed by atoms with Gasteiger partial charge in [-0.2, -0.15) is 0 Å². The van der Waals surface area contributed by atoms with Crippen LogP contribution in [0.2, 0.25) is 0 Å². The smallest absolute Gasteiger partial charge is 0.335 e. The number of benzene rings is 4. The van der Waals surface area contributed by atoms with E-state index in [1.54, 1.807) is 24.3 Å². The number of carbonyl (C=O) groups is 3. The van der Waals surface area contributed by atoms with Gasteiger partial charge in [0.1, 0.15) is 13.2 Å². The lowest BCUT2D eigenvalue weighted by Crippen LogP contribution is -2.43. The average molecular weight is 677 g/mol. The highest BCUT2D eigenvalue weighted by Crippen LogP contribution is 2.40. The second kappa shape index (κ2) is 18.6. The molecular formula is C42H48N2O6. The van der Waals surface area contributed by atoms with E-state index in [2.05, 4.69) is 47.5 Å². The number of fused-ring (bicyclic) bond motifs is 1. The number of carboxylic acid groups (broad SMARTS) is 1. The number of carboxylic acids is 1. The summed E-state index contributed by atoms with van der Waals surface area (Å²) in [4.78, 5) is 39.0. The molecule has 1 aliphatic carbocycles. The van der Waals surface area contributed by atoms with Crippen LogP contribution in [0.4, 0.5) is 0 Å². The highest BCUT2D eigenvalue weighted by Gasteiger charge is 2.30. The lowest BCUT2D eigenvalue weighted by molar-refractivity contribution is -0.134. The van der Waals surface area contributed by atoms with Crippen molar-refractivity contribution in [2.75, 3.05) is 13.1 Å². The van der Waals surface area contributed by atoms with Crippen molar-refractivity contribution < 1.29 is 29.0 Å². The van der Waals surface area contributed by atoms with E-state index in [9.17, 15) is 14.4 Å². The van der Waals surface area contributed by atoms with Crippen LogP contribution in [0, 0.1) is 0 Å². The van der Waals surface area contributed by atoms with E-state index in [4.69, 9.17) is 14.6 Å². The van der Waals surface area contributed by atoms with Crippen LogP contribution in [0.3, 0.4) is 0 Å². The predicted molar refractivity (Wildman–Crippen MR) is 194 cm³/mol. The summed E-state index contributed by atoms with van der Waals surface area (Å²) in [6.45, 7) is 4.20. The molecule has 0 heterocycles. The van der Waals surface area contributed by atoms with Crippen molar-refractivity contribution in [3.05, 3.63) is 130 Å². The molecule has 0 unspecified atom stereocenters. The third kappa shape index (κ3) is 10.4. The van der Waals surface area contributed by atoms with E-state index >= 15 is 0 Å². The SMILES string of the molecule is CCCN(C(=O)CCCCC(=O)NCCc1ccc(C(=O)O)cc1)[C@H]1CCc2c(ccc(OCc3ccccc3)c2OCc2ccccc2)C1. The summed E-state index contributed by atoms with van der Waals surface area (Å²) in [5.74, 6) is 0.689. The van der Waals surface area contributed by atoms with Gasteiger partial charge in [-0.1, -0.05) is 85.8 Å². The molecule has 4 aromatic rings. The number of hydrogen-bond acceptors (Lipinski definition) is 5. The summed E-state index contributed by atoms with van der Waals surface area (Å²) in [5, 5.41) is 12.0. The Morgan fingerprint density at radius 3 is 2.12 bits per heavy atom. The minimum atomic E-state index is -0.955. The highest BCUT2D eigenvalue weighted by atomic mass is 16.5. The Labute approximate surface area is 295 Å². The molecule has 5 rings (SSSR count). The maximum Gasteiger partial charge on any atom is 0.335 e. The molecule has 262 valence electrons. The number of unbranched alkanes of at least 4 members (excludes halogenated alkanes) is 1. The largest absolute Gasteiger partial charge is 0.485 e. The van der Waals surface area contributed by atoms with Gasteiger partial charge in [0, 0.05) is 37.5 Å². The second-order valence-electron chi connectivity index (χ2n) is 12.9. The molecule has 2 amide bonds. The molecule has 0 aliphatic heterocycles. The highest BCUT2D eigenvalue weighted by molar-refractivity contribution is 5.87. The Balaban J connectivity index is 1.14. The van der Waals surface area contributed by atoms with Crippen LogP contribution in [0.15, 0.2) is 97.1 Å². The lowest BCUT2D eigenvalue weighted by Gasteiger charge is -2.36. The van der Waals surface area contributed by atoms with Crippen LogP contribution in [0.5, 0.6) is 11.5 Å². The molecule has 4 aromatic carbocycles. The molecule has 0 radical (unpaired) electrons. The third-order valence-electron chi connectivity index (χ3n) is 9.17. The number of amides is 2. The van der Waals surface area contributed by atoms with Gasteiger partial charge in [-0.15, -0.1) is 0 Å². The van der Waals surface area contributed by atoms with Gasteiger partial charge in [-0.25, -0.2) is 4.79 Å². The van der Waals surface area contributed by atoms with Gasteiger partial charge in [-0.05, 0) is 85.4 Å². The zero-order valence-electron chi connectivity index (χ0n) is 28.9. The zero-order chi connectivity index (χ0) is 35.1. The number of ether oxygens (including phenoxy) is 2. The van der Waals surface area contributed by atoms with Gasteiger partial charge < -0.3 is 24.8 Å². The average Bonchev–Trinajstić information content (AvgIpc) is 3.14. The maximum absolute atomic E-state index is 13.5. The molecular weight excluding hydrogens is 628 g/mol. The first kappa shape index (κ1) is 36.2. The summed E-state index contributed by atoms with van der Waals surface area (Å²) in [6, 6.07) is 31.2. The third-order valence-corrected chi connectivity index (χ3v) is 9.17. The van der Waals surface area contributed by atoms with Crippen LogP contribution in [-0.4, -0.2) is 46.9 Å². The maximum atomic E-state index is 13.5. The second-order valence-corrected chi connectivity index (χ2v) is 12.9. The lowest BCUT2D eigenvalue weighted by atomic mass is 9.86. The van der Waals surface area contributed by atoms with E-state index in [1.807, 2.05) is 42.5 Å². The summed E-state index contributed by atoms with van der Waals surface area (Å²) in [7, 11) is 0. The van der Waals surface area contributed by atoms with Gasteiger partial charge in [0.05, 0.1) is 5.56 Å². The van der Waals surface area contributed by atoms with Crippen molar-refractivity contribution in [3.8, 4) is 11.5 Å². The molecule has 50 heavy (non-hydrogen) atoms. The first-order valence-corrected chi connectivity index (χ1v) is 17.8. The fourth-order valence-corrected chi connectivity index (χ4v) is 6.49. The Kier molecular flexibility index (Phi) is 13.5. The molecule has 1 aliphatic rings. The Bertz CT molecular complexity index is 1690. The van der Waals surface area contributed by atoms with Crippen LogP contribution in [0.1, 0.15) is 83.6 Å². The summed E-state index contributed by atoms with van der Waals surface area (Å²) in [5.41, 5.74) is 5.76. The fraction of sp³-hybridized carbons (Fsp3) is 0.357. The predicted octanol–water partition coefficient (Wildman–Crippen LogP) is 7.56. The zero-order valence-corrected chi connectivity index (χ0v) is 28.9. The number of hydrogen-bond donors (Lipinski definition) is 2. The minimum Gasteiger partial charge on any atom is -0.485 e. The Morgan fingerprint density at radius 1 is 0.800 bits per heavy atom. The number of rotatable bonds is 18. The fourth-order valence-electron chi connectivity index (χ4n) is 6.49. The van der Waals surface area contributed by atoms with Crippen molar-refractivity contribution >= 4 is 17.8 Å². The molecule has 8 heteroatoms. The van der Waals surface area contributed by atoms with Crippen LogP contribution >= 0.6 is 0 Å². The molecule has 0 spiro atoms.